The Morgan fingerprint density at radius 2 is 1.89 bits per heavy atom. The summed E-state index contributed by atoms with van der Waals surface area (Å²) in [6, 6.07) is 5.21. The summed E-state index contributed by atoms with van der Waals surface area (Å²) in [5.41, 5.74) is 1.01. The van der Waals surface area contributed by atoms with Gasteiger partial charge in [-0.3, -0.25) is 0 Å². The highest BCUT2D eigenvalue weighted by Crippen LogP contribution is 2.29. The van der Waals surface area contributed by atoms with Crippen LogP contribution in [0.1, 0.15) is 24.8 Å². The first-order valence-electron chi connectivity index (χ1n) is 6.44. The summed E-state index contributed by atoms with van der Waals surface area (Å²) in [4.78, 5) is 0.411. The molecule has 1 aromatic rings. The van der Waals surface area contributed by atoms with E-state index in [1.54, 1.807) is 22.5 Å². The lowest BCUT2D eigenvalue weighted by atomic mass is 10.2. The summed E-state index contributed by atoms with van der Waals surface area (Å²) in [5.74, 6) is 0.826. The molecule has 0 atom stereocenters. The number of sulfonamides is 1. The van der Waals surface area contributed by atoms with E-state index in [1.807, 2.05) is 0 Å². The topological polar surface area (TPSA) is 46.6 Å². The Bertz CT molecular complexity index is 547. The van der Waals surface area contributed by atoms with E-state index in [9.17, 15) is 8.42 Å². The summed E-state index contributed by atoms with van der Waals surface area (Å²) in [6.45, 7) is 1.95. The van der Waals surface area contributed by atoms with Crippen LogP contribution in [0.5, 0.6) is 5.75 Å². The largest absolute Gasteiger partial charge is 0.493 e. The van der Waals surface area contributed by atoms with Crippen LogP contribution in [0.25, 0.3) is 0 Å². The van der Waals surface area contributed by atoms with Crippen molar-refractivity contribution in [2.45, 2.75) is 30.6 Å². The Labute approximate surface area is 108 Å². The molecule has 3 rings (SSSR count). The standard InChI is InChI=1S/C13H17NO3S/c15-18(16,14-7-2-1-3-8-14)12-4-5-13-11(10-12)6-9-17-13/h4-5,10H,1-3,6-9H2. The van der Waals surface area contributed by atoms with Gasteiger partial charge in [0.05, 0.1) is 11.5 Å². The van der Waals surface area contributed by atoms with Crippen LogP contribution in [-0.4, -0.2) is 32.4 Å². The summed E-state index contributed by atoms with van der Waals surface area (Å²) in [7, 11) is -3.31. The molecule has 0 bridgehead atoms. The highest BCUT2D eigenvalue weighted by molar-refractivity contribution is 7.89. The fourth-order valence-corrected chi connectivity index (χ4v) is 4.15. The lowest BCUT2D eigenvalue weighted by molar-refractivity contribution is 0.346. The molecule has 0 spiro atoms. The highest BCUT2D eigenvalue weighted by Gasteiger charge is 2.27. The van der Waals surface area contributed by atoms with E-state index in [0.717, 1.165) is 37.0 Å². The number of benzene rings is 1. The number of hydrogen-bond donors (Lipinski definition) is 0. The van der Waals surface area contributed by atoms with E-state index in [0.29, 0.717) is 24.6 Å². The van der Waals surface area contributed by atoms with Gasteiger partial charge in [0.2, 0.25) is 10.0 Å². The smallest absolute Gasteiger partial charge is 0.243 e. The van der Waals surface area contributed by atoms with Crippen LogP contribution in [0.15, 0.2) is 23.1 Å². The van der Waals surface area contributed by atoms with E-state index < -0.39 is 10.0 Å². The maximum Gasteiger partial charge on any atom is 0.243 e. The Morgan fingerprint density at radius 1 is 1.11 bits per heavy atom. The van der Waals surface area contributed by atoms with Crippen molar-refractivity contribution < 1.29 is 13.2 Å². The van der Waals surface area contributed by atoms with Crippen LogP contribution in [0.4, 0.5) is 0 Å². The summed E-state index contributed by atoms with van der Waals surface area (Å²) in [6.07, 6.45) is 3.86. The van der Waals surface area contributed by atoms with E-state index in [2.05, 4.69) is 0 Å². The van der Waals surface area contributed by atoms with Gasteiger partial charge >= 0.3 is 0 Å². The van der Waals surface area contributed by atoms with Crippen molar-refractivity contribution in [3.63, 3.8) is 0 Å². The van der Waals surface area contributed by atoms with E-state index >= 15 is 0 Å². The van der Waals surface area contributed by atoms with Gasteiger partial charge in [-0.05, 0) is 36.6 Å². The molecular weight excluding hydrogens is 250 g/mol. The van der Waals surface area contributed by atoms with Crippen molar-refractivity contribution in [1.82, 2.24) is 4.31 Å². The highest BCUT2D eigenvalue weighted by atomic mass is 32.2. The van der Waals surface area contributed by atoms with Crippen molar-refractivity contribution >= 4 is 10.0 Å². The molecule has 5 heteroatoms. The number of rotatable bonds is 2. The number of nitrogens with zero attached hydrogens (tertiary/aromatic N) is 1. The molecule has 0 aromatic heterocycles. The molecule has 4 nitrogen and oxygen atoms in total. The minimum absolute atomic E-state index is 0.411. The number of fused-ring (bicyclic) bond motifs is 1. The molecule has 0 N–H and O–H groups in total. The van der Waals surface area contributed by atoms with E-state index in [4.69, 9.17) is 4.74 Å². The quantitative estimate of drug-likeness (QED) is 0.821. The van der Waals surface area contributed by atoms with Crippen LogP contribution in [0.2, 0.25) is 0 Å². The van der Waals surface area contributed by atoms with Crippen molar-refractivity contribution in [1.29, 1.82) is 0 Å². The first kappa shape index (κ1) is 12.0. The van der Waals surface area contributed by atoms with Gasteiger partial charge in [-0.15, -0.1) is 0 Å². The predicted molar refractivity (Wildman–Crippen MR) is 68.3 cm³/mol. The van der Waals surface area contributed by atoms with Gasteiger partial charge in [0.1, 0.15) is 5.75 Å². The van der Waals surface area contributed by atoms with Gasteiger partial charge in [-0.1, -0.05) is 6.42 Å². The molecule has 1 saturated heterocycles. The third-order valence-electron chi connectivity index (χ3n) is 3.61. The summed E-state index contributed by atoms with van der Waals surface area (Å²) in [5, 5.41) is 0. The Hall–Kier alpha value is -1.07. The Morgan fingerprint density at radius 3 is 2.67 bits per heavy atom. The van der Waals surface area contributed by atoms with Crippen LogP contribution in [-0.2, 0) is 16.4 Å². The average molecular weight is 267 g/mol. The predicted octanol–water partition coefficient (Wildman–Crippen LogP) is 1.80. The molecule has 0 saturated carbocycles. The maximum atomic E-state index is 12.5. The minimum atomic E-state index is -3.31. The van der Waals surface area contributed by atoms with Crippen molar-refractivity contribution in [2.75, 3.05) is 19.7 Å². The number of hydrogen-bond acceptors (Lipinski definition) is 3. The molecule has 0 unspecified atom stereocenters. The Kier molecular flexibility index (Phi) is 3.03. The fraction of sp³-hybridized carbons (Fsp3) is 0.538. The van der Waals surface area contributed by atoms with E-state index in [1.165, 1.54) is 0 Å². The zero-order valence-electron chi connectivity index (χ0n) is 10.3. The Balaban J connectivity index is 1.93. The van der Waals surface area contributed by atoms with E-state index in [-0.39, 0.29) is 0 Å². The van der Waals surface area contributed by atoms with Gasteiger partial charge in [-0.25, -0.2) is 8.42 Å². The summed E-state index contributed by atoms with van der Waals surface area (Å²) < 4.78 is 32.0. The third kappa shape index (κ3) is 2.01. The third-order valence-corrected chi connectivity index (χ3v) is 5.51. The molecule has 98 valence electrons. The fourth-order valence-electron chi connectivity index (χ4n) is 2.58. The van der Waals surface area contributed by atoms with Crippen molar-refractivity contribution in [3.8, 4) is 5.75 Å². The second-order valence-corrected chi connectivity index (χ2v) is 6.77. The zero-order chi connectivity index (χ0) is 12.6. The molecule has 2 heterocycles. The van der Waals surface area contributed by atoms with Gasteiger partial charge in [0.25, 0.3) is 0 Å². The maximum absolute atomic E-state index is 12.5. The number of ether oxygens (including phenoxy) is 1. The molecule has 18 heavy (non-hydrogen) atoms. The zero-order valence-corrected chi connectivity index (χ0v) is 11.1. The SMILES string of the molecule is O=S(=O)(c1ccc2c(c1)CCO2)N1CCCCC1. The minimum Gasteiger partial charge on any atom is -0.493 e. The van der Waals surface area contributed by atoms with Gasteiger partial charge in [-0.2, -0.15) is 4.31 Å². The van der Waals surface area contributed by atoms with Crippen LogP contribution < -0.4 is 4.74 Å². The molecule has 2 aliphatic heterocycles. The van der Waals surface area contributed by atoms with Crippen LogP contribution in [0.3, 0.4) is 0 Å². The average Bonchev–Trinajstić information content (AvgIpc) is 2.87. The van der Waals surface area contributed by atoms with Gasteiger partial charge in [0, 0.05) is 19.5 Å². The molecular formula is C13H17NO3S. The number of piperidine rings is 1. The van der Waals surface area contributed by atoms with Gasteiger partial charge in [0.15, 0.2) is 0 Å². The monoisotopic (exact) mass is 267 g/mol. The second kappa shape index (κ2) is 4.55. The van der Waals surface area contributed by atoms with Crippen molar-refractivity contribution in [2.24, 2.45) is 0 Å². The van der Waals surface area contributed by atoms with Gasteiger partial charge < -0.3 is 4.74 Å². The van der Waals surface area contributed by atoms with Crippen molar-refractivity contribution in [3.05, 3.63) is 23.8 Å². The molecule has 0 aliphatic carbocycles. The second-order valence-electron chi connectivity index (χ2n) is 4.83. The molecule has 0 amide bonds. The molecule has 1 aromatic carbocycles. The lowest BCUT2D eigenvalue weighted by Crippen LogP contribution is -2.35. The first-order chi connectivity index (χ1) is 8.68. The normalized spacial score (nSPS) is 20.4. The van der Waals surface area contributed by atoms with Crippen LogP contribution >= 0.6 is 0 Å². The lowest BCUT2D eigenvalue weighted by Gasteiger charge is -2.26. The van der Waals surface area contributed by atoms with Crippen LogP contribution in [0, 0.1) is 0 Å². The molecule has 2 aliphatic rings. The molecule has 0 radical (unpaired) electrons. The first-order valence-corrected chi connectivity index (χ1v) is 7.88. The summed E-state index contributed by atoms with van der Waals surface area (Å²) >= 11 is 0. The molecule has 1 fully saturated rings.